The van der Waals surface area contributed by atoms with Crippen LogP contribution in [0, 0.1) is 0 Å². The van der Waals surface area contributed by atoms with E-state index in [1.54, 1.807) is 30.1 Å². The van der Waals surface area contributed by atoms with Crippen molar-refractivity contribution in [3.63, 3.8) is 0 Å². The van der Waals surface area contributed by atoms with Crippen LogP contribution in [0.3, 0.4) is 0 Å². The number of thiazole rings is 1. The fourth-order valence-electron chi connectivity index (χ4n) is 3.67. The monoisotopic (exact) mass is 501 g/mol. The maximum atomic E-state index is 10.2. The molecule has 0 bridgehead atoms. The van der Waals surface area contributed by atoms with Gasteiger partial charge in [0.05, 0.1) is 33.2 Å². The van der Waals surface area contributed by atoms with E-state index in [4.69, 9.17) is 28.7 Å². The van der Waals surface area contributed by atoms with E-state index in [2.05, 4.69) is 0 Å². The van der Waals surface area contributed by atoms with Crippen molar-refractivity contribution in [1.82, 2.24) is 4.68 Å². The van der Waals surface area contributed by atoms with Gasteiger partial charge in [0.1, 0.15) is 17.0 Å². The lowest BCUT2D eigenvalue weighted by Crippen LogP contribution is -2.11. The van der Waals surface area contributed by atoms with Crippen molar-refractivity contribution in [3.8, 4) is 34.5 Å². The second kappa shape index (κ2) is 10.0. The molecule has 9 heteroatoms. The number of ether oxygens (including phenoxy) is 3. The number of fused-ring (bicyclic) bond motifs is 1. The minimum atomic E-state index is -0.0722. The Labute approximate surface area is 211 Å². The normalized spacial score (nSPS) is 11.9. The van der Waals surface area contributed by atoms with Crippen LogP contribution < -0.4 is 19.0 Å². The van der Waals surface area contributed by atoms with E-state index >= 15 is 0 Å². The lowest BCUT2D eigenvalue weighted by atomic mass is 10.2. The average Bonchev–Trinajstić information content (AvgIpc) is 3.51. The first-order valence-electron chi connectivity index (χ1n) is 11.0. The maximum absolute atomic E-state index is 10.2. The number of benzene rings is 3. The molecule has 0 radical (unpaired) electrons. The summed E-state index contributed by atoms with van der Waals surface area (Å²) >= 11 is 1.43. The van der Waals surface area contributed by atoms with Crippen LogP contribution in [0.5, 0.6) is 23.0 Å². The van der Waals surface area contributed by atoms with Gasteiger partial charge >= 0.3 is 0 Å². The quantitative estimate of drug-likeness (QED) is 0.284. The van der Waals surface area contributed by atoms with Gasteiger partial charge in [0.2, 0.25) is 10.6 Å². The van der Waals surface area contributed by atoms with Gasteiger partial charge in [-0.15, -0.1) is 11.3 Å². The van der Waals surface area contributed by atoms with E-state index < -0.39 is 0 Å². The van der Waals surface area contributed by atoms with Gasteiger partial charge in [-0.2, -0.15) is 5.10 Å². The molecule has 0 amide bonds. The highest BCUT2D eigenvalue weighted by atomic mass is 32.1. The van der Waals surface area contributed by atoms with Gasteiger partial charge in [0.25, 0.3) is 0 Å². The molecule has 2 heterocycles. The van der Waals surface area contributed by atoms with Gasteiger partial charge in [-0.3, -0.25) is 0 Å². The number of furan rings is 1. The van der Waals surface area contributed by atoms with Gasteiger partial charge in [-0.1, -0.05) is 24.3 Å². The Morgan fingerprint density at radius 3 is 2.42 bits per heavy atom. The molecule has 0 aliphatic carbocycles. The summed E-state index contributed by atoms with van der Waals surface area (Å²) in [7, 11) is 4.58. The highest BCUT2D eigenvalue weighted by molar-refractivity contribution is 7.07. The third kappa shape index (κ3) is 4.56. The van der Waals surface area contributed by atoms with Gasteiger partial charge < -0.3 is 23.7 Å². The van der Waals surface area contributed by atoms with Crippen molar-refractivity contribution in [1.29, 1.82) is 0 Å². The van der Waals surface area contributed by atoms with Crippen LogP contribution in [-0.4, -0.2) is 37.3 Å². The zero-order chi connectivity index (χ0) is 25.1. The standard InChI is InChI=1S/C27H23N3O5S/c1-32-20-9-6-8-19(14-20)29-27-30(28-15-17-11-24(33-2)26(31)25(12-17)34-3)21(16-36-27)23-13-18-7-4-5-10-22(18)35-23/h4-16,31H,1-3H3. The van der Waals surface area contributed by atoms with Crippen molar-refractivity contribution >= 4 is 34.2 Å². The third-order valence-corrected chi connectivity index (χ3v) is 6.28. The van der Waals surface area contributed by atoms with Crippen LogP contribution in [0.1, 0.15) is 5.56 Å². The van der Waals surface area contributed by atoms with E-state index in [0.29, 0.717) is 21.9 Å². The van der Waals surface area contributed by atoms with E-state index in [1.807, 2.05) is 60.0 Å². The van der Waals surface area contributed by atoms with Crippen molar-refractivity contribution in [2.24, 2.45) is 10.1 Å². The molecule has 0 fully saturated rings. The number of aromatic nitrogens is 1. The summed E-state index contributed by atoms with van der Waals surface area (Å²) in [6.45, 7) is 0. The Balaban J connectivity index is 1.66. The van der Waals surface area contributed by atoms with Crippen LogP contribution in [0.4, 0.5) is 5.69 Å². The molecular weight excluding hydrogens is 478 g/mol. The van der Waals surface area contributed by atoms with Gasteiger partial charge in [-0.05, 0) is 36.4 Å². The first-order chi connectivity index (χ1) is 17.6. The topological polar surface area (TPSA) is 90.7 Å². The Kier molecular flexibility index (Phi) is 6.46. The van der Waals surface area contributed by atoms with Crippen LogP contribution in [0.25, 0.3) is 22.4 Å². The fourth-order valence-corrected chi connectivity index (χ4v) is 4.51. The number of nitrogens with zero attached hydrogens (tertiary/aromatic N) is 3. The molecule has 5 rings (SSSR count). The summed E-state index contributed by atoms with van der Waals surface area (Å²) in [5.74, 6) is 1.87. The molecule has 0 spiro atoms. The average molecular weight is 502 g/mol. The van der Waals surface area contributed by atoms with Gasteiger partial charge in [0, 0.05) is 22.4 Å². The zero-order valence-electron chi connectivity index (χ0n) is 19.8. The van der Waals surface area contributed by atoms with E-state index in [1.165, 1.54) is 25.6 Å². The molecule has 0 aliphatic heterocycles. The molecular formula is C27H23N3O5S. The second-order valence-corrected chi connectivity index (χ2v) is 8.53. The van der Waals surface area contributed by atoms with Crippen LogP contribution in [0.2, 0.25) is 0 Å². The molecule has 1 N–H and O–H groups in total. The molecule has 0 saturated heterocycles. The molecule has 3 aromatic carbocycles. The highest BCUT2D eigenvalue weighted by Crippen LogP contribution is 2.36. The van der Waals surface area contributed by atoms with Crippen molar-refractivity contribution < 1.29 is 23.7 Å². The molecule has 182 valence electrons. The SMILES string of the molecule is COc1cccc(N=c2scc(-c3cc4ccccc4o3)n2N=Cc2cc(OC)c(O)c(OC)c2)c1. The Bertz CT molecular complexity index is 1570. The number of rotatable bonds is 7. The number of hydrogen-bond acceptors (Lipinski definition) is 8. The lowest BCUT2D eigenvalue weighted by Gasteiger charge is -2.09. The number of phenolic OH excluding ortho intramolecular Hbond substituents is 1. The summed E-state index contributed by atoms with van der Waals surface area (Å²) in [6.07, 6.45) is 1.65. The molecule has 0 aliphatic rings. The number of phenols is 1. The maximum Gasteiger partial charge on any atom is 0.211 e. The number of para-hydroxylation sites is 1. The number of aromatic hydroxyl groups is 1. The Hall–Kier alpha value is -4.50. The molecule has 8 nitrogen and oxygen atoms in total. The Morgan fingerprint density at radius 2 is 1.69 bits per heavy atom. The van der Waals surface area contributed by atoms with Gasteiger partial charge in [-0.25, -0.2) is 9.67 Å². The van der Waals surface area contributed by atoms with Crippen LogP contribution in [-0.2, 0) is 0 Å². The van der Waals surface area contributed by atoms with Crippen LogP contribution >= 0.6 is 11.3 Å². The largest absolute Gasteiger partial charge is 0.502 e. The number of methoxy groups -OCH3 is 3. The molecule has 0 saturated carbocycles. The summed E-state index contributed by atoms with van der Waals surface area (Å²) in [4.78, 5) is 5.43. The van der Waals surface area contributed by atoms with E-state index in [9.17, 15) is 5.11 Å². The molecule has 0 atom stereocenters. The minimum Gasteiger partial charge on any atom is -0.502 e. The first kappa shape index (κ1) is 23.3. The third-order valence-electron chi connectivity index (χ3n) is 5.47. The number of hydrogen-bond donors (Lipinski definition) is 1. The summed E-state index contributed by atoms with van der Waals surface area (Å²) in [6, 6.07) is 20.7. The smallest absolute Gasteiger partial charge is 0.211 e. The second-order valence-electron chi connectivity index (χ2n) is 7.70. The minimum absolute atomic E-state index is 0.0722. The summed E-state index contributed by atoms with van der Waals surface area (Å²) in [5, 5.41) is 17.9. The van der Waals surface area contributed by atoms with Crippen LogP contribution in [0.15, 0.2) is 86.6 Å². The fraction of sp³-hybridized carbons (Fsp3) is 0.111. The van der Waals surface area contributed by atoms with Crippen molar-refractivity contribution in [2.45, 2.75) is 0 Å². The van der Waals surface area contributed by atoms with Gasteiger partial charge in [0.15, 0.2) is 17.3 Å². The predicted octanol–water partition coefficient (Wildman–Crippen LogP) is 5.81. The molecule has 5 aromatic rings. The lowest BCUT2D eigenvalue weighted by molar-refractivity contribution is 0.340. The Morgan fingerprint density at radius 1 is 0.917 bits per heavy atom. The van der Waals surface area contributed by atoms with E-state index in [0.717, 1.165) is 22.4 Å². The molecule has 0 unspecified atom stereocenters. The van der Waals surface area contributed by atoms with E-state index in [-0.39, 0.29) is 17.2 Å². The van der Waals surface area contributed by atoms with Crippen molar-refractivity contribution in [3.05, 3.63) is 82.5 Å². The predicted molar refractivity (Wildman–Crippen MR) is 140 cm³/mol. The van der Waals surface area contributed by atoms with Crippen molar-refractivity contribution in [2.75, 3.05) is 21.3 Å². The highest BCUT2D eigenvalue weighted by Gasteiger charge is 2.14. The summed E-state index contributed by atoms with van der Waals surface area (Å²) in [5.41, 5.74) is 2.92. The molecule has 2 aromatic heterocycles. The molecule has 36 heavy (non-hydrogen) atoms. The zero-order valence-corrected chi connectivity index (χ0v) is 20.7. The summed E-state index contributed by atoms with van der Waals surface area (Å²) < 4.78 is 23.7. The first-order valence-corrected chi connectivity index (χ1v) is 11.8.